The smallest absolute Gasteiger partial charge is 0.878 e. The third-order valence-electron chi connectivity index (χ3n) is 1.42. The Balaban J connectivity index is 0.00000169. The first kappa shape index (κ1) is 14.2. The maximum absolute atomic E-state index is 11.2. The van der Waals surface area contributed by atoms with Crippen LogP contribution in [0.5, 0.6) is 0 Å². The molecule has 0 spiro atoms. The number of carbonyl (C=O) groups excluding carboxylic acids is 1. The van der Waals surface area contributed by atoms with Gasteiger partial charge >= 0.3 is 29.6 Å². The normalized spacial score (nSPS) is 9.86. The van der Waals surface area contributed by atoms with E-state index in [2.05, 4.69) is 15.9 Å². The fourth-order valence-corrected chi connectivity index (χ4v) is 1.61. The molecule has 1 aromatic carbocycles. The predicted molar refractivity (Wildman–Crippen MR) is 52.6 cm³/mol. The standard InChI is InChI=1S/C9H6BrClO2.Na/c10-6-1-2-7(8(11)5-6)9(13)3-4-12;/h1-5,12H;/q;+1/p-1/b4-3+;. The van der Waals surface area contributed by atoms with Gasteiger partial charge in [0.1, 0.15) is 0 Å². The summed E-state index contributed by atoms with van der Waals surface area (Å²) in [5, 5.41) is 10.4. The molecule has 0 heterocycles. The third kappa shape index (κ3) is 3.75. The summed E-state index contributed by atoms with van der Waals surface area (Å²) in [5.41, 5.74) is 0.331. The van der Waals surface area contributed by atoms with Crippen LogP contribution in [-0.4, -0.2) is 5.78 Å². The Bertz CT molecular complexity index is 366. The van der Waals surface area contributed by atoms with Gasteiger partial charge in [-0.2, -0.15) is 0 Å². The van der Waals surface area contributed by atoms with Crippen molar-refractivity contribution < 1.29 is 39.5 Å². The van der Waals surface area contributed by atoms with E-state index in [0.29, 0.717) is 16.8 Å². The van der Waals surface area contributed by atoms with E-state index >= 15 is 0 Å². The van der Waals surface area contributed by atoms with Crippen LogP contribution in [0.3, 0.4) is 0 Å². The van der Waals surface area contributed by atoms with Gasteiger partial charge in [-0.25, -0.2) is 0 Å². The van der Waals surface area contributed by atoms with E-state index in [1.165, 1.54) is 0 Å². The van der Waals surface area contributed by atoms with Gasteiger partial charge in [0, 0.05) is 10.0 Å². The largest absolute Gasteiger partial charge is 1.00 e. The number of hydrogen-bond acceptors (Lipinski definition) is 2. The van der Waals surface area contributed by atoms with Gasteiger partial charge < -0.3 is 5.11 Å². The molecule has 0 saturated carbocycles. The Morgan fingerprint density at radius 2 is 2.14 bits per heavy atom. The topological polar surface area (TPSA) is 40.1 Å². The van der Waals surface area contributed by atoms with Gasteiger partial charge in [-0.3, -0.25) is 4.79 Å². The second-order valence-corrected chi connectivity index (χ2v) is 3.61. The predicted octanol–water partition coefficient (Wildman–Crippen LogP) is -0.837. The zero-order valence-electron chi connectivity index (χ0n) is 7.46. The summed E-state index contributed by atoms with van der Waals surface area (Å²) in [7, 11) is 0. The molecule has 0 aliphatic carbocycles. The van der Waals surface area contributed by atoms with Crippen LogP contribution in [-0.2, 0) is 0 Å². The molecule has 0 aliphatic rings. The van der Waals surface area contributed by atoms with Gasteiger partial charge in [0.25, 0.3) is 0 Å². The fourth-order valence-electron chi connectivity index (χ4n) is 0.841. The van der Waals surface area contributed by atoms with E-state index in [1.54, 1.807) is 18.2 Å². The van der Waals surface area contributed by atoms with Gasteiger partial charge in [-0.05, 0) is 24.3 Å². The molecule has 0 amide bonds. The molecule has 1 aromatic rings. The number of ketones is 1. The van der Waals surface area contributed by atoms with Gasteiger partial charge in [0.15, 0.2) is 5.78 Å². The molecule has 68 valence electrons. The average Bonchev–Trinajstić information content (AvgIpc) is 2.04. The SMILES string of the molecule is O=C(/C=C/[O-])c1ccc(Br)cc1Cl.[Na+]. The maximum atomic E-state index is 11.2. The summed E-state index contributed by atoms with van der Waals surface area (Å²) in [5.74, 6) is -0.382. The van der Waals surface area contributed by atoms with Gasteiger partial charge in [-0.15, -0.1) is 6.26 Å². The fraction of sp³-hybridized carbons (Fsp3) is 0. The Morgan fingerprint density at radius 3 is 2.64 bits per heavy atom. The van der Waals surface area contributed by atoms with Crippen molar-refractivity contribution in [1.82, 2.24) is 0 Å². The number of hydrogen-bond donors (Lipinski definition) is 0. The molecule has 0 N–H and O–H groups in total. The Kier molecular flexibility index (Phi) is 6.74. The van der Waals surface area contributed by atoms with Gasteiger partial charge in [0.05, 0.1) is 5.02 Å². The van der Waals surface area contributed by atoms with E-state index in [9.17, 15) is 9.90 Å². The zero-order valence-corrected chi connectivity index (χ0v) is 11.8. The van der Waals surface area contributed by atoms with Gasteiger partial charge in [0.2, 0.25) is 0 Å². The average molecular weight is 283 g/mol. The Morgan fingerprint density at radius 1 is 1.50 bits per heavy atom. The van der Waals surface area contributed by atoms with Crippen molar-refractivity contribution in [3.8, 4) is 0 Å². The number of benzene rings is 1. The molecule has 0 aliphatic heterocycles. The van der Waals surface area contributed by atoms with Crippen LogP contribution < -0.4 is 34.7 Å². The maximum Gasteiger partial charge on any atom is 1.00 e. The van der Waals surface area contributed by atoms with E-state index in [-0.39, 0.29) is 35.3 Å². The molecule has 0 bridgehead atoms. The monoisotopic (exact) mass is 282 g/mol. The van der Waals surface area contributed by atoms with Crippen LogP contribution in [0, 0.1) is 0 Å². The minimum atomic E-state index is -0.382. The number of allylic oxidation sites excluding steroid dienone is 1. The molecular formula is C9H5BrClNaO2. The van der Waals surface area contributed by atoms with Gasteiger partial charge in [-0.1, -0.05) is 27.5 Å². The molecule has 14 heavy (non-hydrogen) atoms. The van der Waals surface area contributed by atoms with E-state index in [1.807, 2.05) is 0 Å². The molecule has 0 atom stereocenters. The van der Waals surface area contributed by atoms with Crippen LogP contribution in [0.1, 0.15) is 10.4 Å². The van der Waals surface area contributed by atoms with Crippen molar-refractivity contribution in [1.29, 1.82) is 0 Å². The Hall–Kier alpha value is 0.200. The van der Waals surface area contributed by atoms with Crippen molar-refractivity contribution in [3.05, 3.63) is 45.6 Å². The molecule has 0 radical (unpaired) electrons. The first-order valence-electron chi connectivity index (χ1n) is 3.43. The van der Waals surface area contributed by atoms with Crippen LogP contribution in [0.25, 0.3) is 0 Å². The summed E-state index contributed by atoms with van der Waals surface area (Å²) in [6.45, 7) is 0. The minimum Gasteiger partial charge on any atom is -0.878 e. The number of halogens is 2. The zero-order chi connectivity index (χ0) is 9.84. The summed E-state index contributed by atoms with van der Waals surface area (Å²) >= 11 is 8.98. The third-order valence-corrected chi connectivity index (χ3v) is 2.22. The molecular weight excluding hydrogens is 278 g/mol. The van der Waals surface area contributed by atoms with E-state index in [0.717, 1.165) is 10.5 Å². The minimum absolute atomic E-state index is 0. The molecule has 2 nitrogen and oxygen atoms in total. The van der Waals surface area contributed by atoms with Crippen molar-refractivity contribution in [2.45, 2.75) is 0 Å². The summed E-state index contributed by atoms with van der Waals surface area (Å²) in [6, 6.07) is 4.86. The van der Waals surface area contributed by atoms with Crippen molar-refractivity contribution in [2.24, 2.45) is 0 Å². The second-order valence-electron chi connectivity index (χ2n) is 2.29. The van der Waals surface area contributed by atoms with Crippen LogP contribution >= 0.6 is 27.5 Å². The molecule has 0 saturated heterocycles. The molecule has 0 fully saturated rings. The van der Waals surface area contributed by atoms with E-state index < -0.39 is 0 Å². The van der Waals surface area contributed by atoms with Crippen LogP contribution in [0.4, 0.5) is 0 Å². The summed E-state index contributed by atoms with van der Waals surface area (Å²) in [4.78, 5) is 11.2. The Labute approximate surface area is 117 Å². The molecule has 1 rings (SSSR count). The van der Waals surface area contributed by atoms with Crippen molar-refractivity contribution >= 4 is 33.3 Å². The molecule has 0 aromatic heterocycles. The molecule has 0 unspecified atom stereocenters. The number of rotatable bonds is 2. The van der Waals surface area contributed by atoms with Crippen LogP contribution in [0.15, 0.2) is 35.0 Å². The van der Waals surface area contributed by atoms with Crippen molar-refractivity contribution in [3.63, 3.8) is 0 Å². The van der Waals surface area contributed by atoms with E-state index in [4.69, 9.17) is 11.6 Å². The first-order valence-corrected chi connectivity index (χ1v) is 4.60. The number of carbonyl (C=O) groups is 1. The van der Waals surface area contributed by atoms with Crippen molar-refractivity contribution in [2.75, 3.05) is 0 Å². The van der Waals surface area contributed by atoms with Crippen LogP contribution in [0.2, 0.25) is 5.02 Å². The second kappa shape index (κ2) is 6.64. The summed E-state index contributed by atoms with van der Waals surface area (Å²) in [6.07, 6.45) is 1.38. The first-order chi connectivity index (χ1) is 6.15. The quantitative estimate of drug-likeness (QED) is 0.307. The molecule has 5 heteroatoms. The summed E-state index contributed by atoms with van der Waals surface area (Å²) < 4.78 is 0.792.